The van der Waals surface area contributed by atoms with Crippen LogP contribution in [0.5, 0.6) is 0 Å². The van der Waals surface area contributed by atoms with Crippen LogP contribution in [0.15, 0.2) is 72.0 Å². The Kier molecular flexibility index (Phi) is 1.47. The van der Waals surface area contributed by atoms with Gasteiger partial charge in [0.1, 0.15) is 0 Å². The first-order chi connectivity index (χ1) is 6.95. The zero-order valence-electron chi connectivity index (χ0n) is 7.64. The normalized spacial score (nSPS) is 21.7. The average molecular weight is 182 g/mol. The molecule has 0 spiro atoms. The molecule has 0 aromatic rings. The number of nitrogens with zero attached hydrogens (tertiary/aromatic N) is 1. The number of fused-ring (bicyclic) bond motifs is 2. The van der Waals surface area contributed by atoms with E-state index in [1.165, 1.54) is 17.0 Å². The molecular weight excluding hydrogens is 172 g/mol. The molecule has 0 amide bonds. The van der Waals surface area contributed by atoms with E-state index in [9.17, 15) is 0 Å². The van der Waals surface area contributed by atoms with E-state index >= 15 is 0 Å². The summed E-state index contributed by atoms with van der Waals surface area (Å²) in [6.07, 6.45) is 18.5. The van der Waals surface area contributed by atoms with Crippen LogP contribution in [0.4, 0.5) is 0 Å². The first-order valence-corrected chi connectivity index (χ1v) is 4.64. The van der Waals surface area contributed by atoms with Crippen LogP contribution in [0.3, 0.4) is 0 Å². The molecule has 0 saturated heterocycles. The molecule has 3 rings (SSSR count). The lowest BCUT2D eigenvalue weighted by Gasteiger charge is -2.28. The Morgan fingerprint density at radius 1 is 1.00 bits per heavy atom. The van der Waals surface area contributed by atoms with Gasteiger partial charge in [0, 0.05) is 24.2 Å². The van der Waals surface area contributed by atoms with Crippen LogP contribution in [0.25, 0.3) is 0 Å². The molecule has 0 aromatic heterocycles. The Labute approximate surface area is 82.9 Å². The highest BCUT2D eigenvalue weighted by atomic mass is 15.1. The fourth-order valence-electron chi connectivity index (χ4n) is 1.77. The highest BCUT2D eigenvalue weighted by molar-refractivity contribution is 5.53. The highest BCUT2D eigenvalue weighted by Crippen LogP contribution is 2.27. The Bertz CT molecular complexity index is 445. The van der Waals surface area contributed by atoms with Crippen molar-refractivity contribution in [3.8, 4) is 0 Å². The van der Waals surface area contributed by atoms with Crippen molar-refractivity contribution in [1.29, 1.82) is 0 Å². The first-order valence-electron chi connectivity index (χ1n) is 4.64. The van der Waals surface area contributed by atoms with Gasteiger partial charge in [0.2, 0.25) is 0 Å². The maximum absolute atomic E-state index is 3.27. The van der Waals surface area contributed by atoms with Gasteiger partial charge in [-0.15, -0.1) is 0 Å². The molecule has 3 aliphatic heterocycles. The lowest BCUT2D eigenvalue weighted by atomic mass is 10.0. The second-order valence-electron chi connectivity index (χ2n) is 3.31. The Hall–Kier alpha value is -1.96. The average Bonchev–Trinajstić information content (AvgIpc) is 2.29. The minimum absolute atomic E-state index is 1.18. The first kappa shape index (κ1) is 7.44. The van der Waals surface area contributed by atoms with E-state index in [1.807, 2.05) is 18.4 Å². The van der Waals surface area contributed by atoms with Crippen LogP contribution in [0.1, 0.15) is 0 Å². The van der Waals surface area contributed by atoms with Gasteiger partial charge in [-0.2, -0.15) is 0 Å². The quantitative estimate of drug-likeness (QED) is 0.617. The molecule has 0 unspecified atom stereocenters. The van der Waals surface area contributed by atoms with Crippen LogP contribution in [-0.4, -0.2) is 4.90 Å². The van der Waals surface area contributed by atoms with Gasteiger partial charge in [0.15, 0.2) is 0 Å². The summed E-state index contributed by atoms with van der Waals surface area (Å²) in [5, 5.41) is 3.27. The van der Waals surface area contributed by atoms with Gasteiger partial charge in [0.05, 0.1) is 11.4 Å². The van der Waals surface area contributed by atoms with Crippen LogP contribution in [0, 0.1) is 0 Å². The van der Waals surface area contributed by atoms with Crippen molar-refractivity contribution in [2.24, 2.45) is 0 Å². The molecular formula is C12H10N2. The Morgan fingerprint density at radius 2 is 2.00 bits per heavy atom. The summed E-state index contributed by atoms with van der Waals surface area (Å²) in [5.74, 6) is 0. The zero-order chi connectivity index (χ0) is 9.38. The molecule has 14 heavy (non-hydrogen) atoms. The number of nitrogens with one attached hydrogen (secondary N) is 1. The number of rotatable bonds is 0. The van der Waals surface area contributed by atoms with E-state index in [4.69, 9.17) is 0 Å². The number of hydrogen-bond acceptors (Lipinski definition) is 2. The molecule has 0 aromatic carbocycles. The van der Waals surface area contributed by atoms with E-state index < -0.39 is 0 Å². The third-order valence-corrected chi connectivity index (χ3v) is 2.45. The minimum Gasteiger partial charge on any atom is -0.359 e. The fourth-order valence-corrected chi connectivity index (χ4v) is 1.77. The lowest BCUT2D eigenvalue weighted by molar-refractivity contribution is 0.620. The third kappa shape index (κ3) is 0.973. The summed E-state index contributed by atoms with van der Waals surface area (Å²) in [6.45, 7) is 0. The van der Waals surface area contributed by atoms with E-state index in [1.54, 1.807) is 0 Å². The molecule has 1 N–H and O–H groups in total. The molecule has 2 nitrogen and oxygen atoms in total. The van der Waals surface area contributed by atoms with Gasteiger partial charge in [-0.3, -0.25) is 0 Å². The topological polar surface area (TPSA) is 15.3 Å². The highest BCUT2D eigenvalue weighted by Gasteiger charge is 2.17. The summed E-state index contributed by atoms with van der Waals surface area (Å²) < 4.78 is 0. The van der Waals surface area contributed by atoms with E-state index in [0.717, 1.165) is 0 Å². The molecule has 0 radical (unpaired) electrons. The molecule has 0 bridgehead atoms. The smallest absolute Gasteiger partial charge is 0.0698 e. The largest absolute Gasteiger partial charge is 0.359 e. The monoisotopic (exact) mass is 182 g/mol. The molecule has 0 atom stereocenters. The van der Waals surface area contributed by atoms with Crippen molar-refractivity contribution < 1.29 is 0 Å². The Balaban J connectivity index is 2.15. The van der Waals surface area contributed by atoms with Gasteiger partial charge in [-0.25, -0.2) is 0 Å². The van der Waals surface area contributed by atoms with Crippen molar-refractivity contribution in [1.82, 2.24) is 10.2 Å². The lowest BCUT2D eigenvalue weighted by Crippen LogP contribution is -2.23. The minimum atomic E-state index is 1.18. The maximum atomic E-state index is 3.27. The summed E-state index contributed by atoms with van der Waals surface area (Å²) >= 11 is 0. The number of hydrogen-bond donors (Lipinski definition) is 1. The standard InChI is InChI=1S/C12H10N2/c1-2-8-14-9-6-10-4-3-7-13-12(10)11(14)5-1/h1-9,13H. The predicted molar refractivity (Wildman–Crippen MR) is 56.6 cm³/mol. The number of dihydropyridines is 1. The van der Waals surface area contributed by atoms with E-state index in [2.05, 4.69) is 46.9 Å². The second-order valence-corrected chi connectivity index (χ2v) is 3.31. The van der Waals surface area contributed by atoms with Crippen molar-refractivity contribution in [2.45, 2.75) is 0 Å². The van der Waals surface area contributed by atoms with Crippen LogP contribution < -0.4 is 5.32 Å². The van der Waals surface area contributed by atoms with Gasteiger partial charge in [-0.1, -0.05) is 12.2 Å². The van der Waals surface area contributed by atoms with Crippen molar-refractivity contribution in [2.75, 3.05) is 0 Å². The van der Waals surface area contributed by atoms with Gasteiger partial charge in [-0.05, 0) is 24.3 Å². The third-order valence-electron chi connectivity index (χ3n) is 2.45. The Morgan fingerprint density at radius 3 is 3.00 bits per heavy atom. The van der Waals surface area contributed by atoms with E-state index in [-0.39, 0.29) is 0 Å². The SMILES string of the molecule is C1=CNC2=C3C=CC=CN3C=CC2=C1. The van der Waals surface area contributed by atoms with Crippen molar-refractivity contribution >= 4 is 0 Å². The predicted octanol–water partition coefficient (Wildman–Crippen LogP) is 2.15. The second kappa shape index (κ2) is 2.77. The molecule has 0 aliphatic carbocycles. The summed E-state index contributed by atoms with van der Waals surface area (Å²) in [6, 6.07) is 0. The maximum Gasteiger partial charge on any atom is 0.0698 e. The van der Waals surface area contributed by atoms with Crippen molar-refractivity contribution in [3.63, 3.8) is 0 Å². The van der Waals surface area contributed by atoms with Crippen LogP contribution >= 0.6 is 0 Å². The molecule has 3 heterocycles. The van der Waals surface area contributed by atoms with Crippen LogP contribution in [0.2, 0.25) is 0 Å². The molecule has 0 saturated carbocycles. The fraction of sp³-hybridized carbons (Fsp3) is 0. The van der Waals surface area contributed by atoms with Gasteiger partial charge in [0.25, 0.3) is 0 Å². The molecule has 3 aliphatic rings. The van der Waals surface area contributed by atoms with Gasteiger partial charge < -0.3 is 10.2 Å². The van der Waals surface area contributed by atoms with Crippen molar-refractivity contribution in [3.05, 3.63) is 72.0 Å². The molecule has 2 heteroatoms. The van der Waals surface area contributed by atoms with E-state index in [0.29, 0.717) is 0 Å². The molecule has 68 valence electrons. The summed E-state index contributed by atoms with van der Waals surface area (Å²) in [4.78, 5) is 2.11. The van der Waals surface area contributed by atoms with Crippen LogP contribution in [-0.2, 0) is 0 Å². The summed E-state index contributed by atoms with van der Waals surface area (Å²) in [5.41, 5.74) is 3.61. The zero-order valence-corrected chi connectivity index (χ0v) is 7.64. The summed E-state index contributed by atoms with van der Waals surface area (Å²) in [7, 11) is 0. The number of allylic oxidation sites excluding steroid dienone is 6. The molecule has 0 fully saturated rings. The van der Waals surface area contributed by atoms with Gasteiger partial charge >= 0.3 is 0 Å².